The van der Waals surface area contributed by atoms with Crippen molar-refractivity contribution in [2.45, 2.75) is 31.3 Å². The highest BCUT2D eigenvalue weighted by atomic mass is 16.2. The number of benzene rings is 1. The van der Waals surface area contributed by atoms with Gasteiger partial charge in [0.1, 0.15) is 5.84 Å². The molecule has 2 aliphatic heterocycles. The van der Waals surface area contributed by atoms with Gasteiger partial charge in [0.2, 0.25) is 0 Å². The van der Waals surface area contributed by atoms with Gasteiger partial charge in [0.25, 0.3) is 5.91 Å². The molecule has 0 aliphatic carbocycles. The molecule has 24 heavy (non-hydrogen) atoms. The van der Waals surface area contributed by atoms with E-state index < -0.39 is 5.54 Å². The van der Waals surface area contributed by atoms with Crippen molar-refractivity contribution in [2.24, 2.45) is 9.98 Å². The molecule has 1 aromatic rings. The van der Waals surface area contributed by atoms with Gasteiger partial charge < -0.3 is 10.6 Å². The third-order valence-corrected chi connectivity index (χ3v) is 4.65. The van der Waals surface area contributed by atoms with E-state index in [1.165, 1.54) is 0 Å². The van der Waals surface area contributed by atoms with Crippen molar-refractivity contribution >= 4 is 24.0 Å². The maximum absolute atomic E-state index is 12.5. The minimum Gasteiger partial charge on any atom is -0.311 e. The first-order valence-electron chi connectivity index (χ1n) is 8.12. The zero-order valence-corrected chi connectivity index (χ0v) is 13.9. The smallest absolute Gasteiger partial charge is 0.257 e. The molecule has 2 aliphatic rings. The first-order chi connectivity index (χ1) is 11.6. The second-order valence-electron chi connectivity index (χ2n) is 6.22. The fraction of sp³-hybridized carbons (Fsp3) is 0.316. The molecule has 2 unspecified atom stereocenters. The Morgan fingerprint density at radius 3 is 2.75 bits per heavy atom. The molecule has 2 atom stereocenters. The lowest BCUT2D eigenvalue weighted by Gasteiger charge is -2.18. The number of hydrogen-bond acceptors (Lipinski definition) is 4. The van der Waals surface area contributed by atoms with E-state index in [2.05, 4.69) is 28.9 Å². The van der Waals surface area contributed by atoms with Gasteiger partial charge in [-0.25, -0.2) is 4.99 Å². The van der Waals surface area contributed by atoms with Crippen molar-refractivity contribution in [3.05, 3.63) is 54.2 Å². The Morgan fingerprint density at radius 1 is 1.42 bits per heavy atom. The fourth-order valence-corrected chi connectivity index (χ4v) is 3.17. The van der Waals surface area contributed by atoms with Gasteiger partial charge in [-0.1, -0.05) is 36.9 Å². The molecule has 1 aromatic carbocycles. The van der Waals surface area contributed by atoms with Crippen LogP contribution in [0.1, 0.15) is 30.9 Å². The van der Waals surface area contributed by atoms with E-state index in [-0.39, 0.29) is 11.9 Å². The lowest BCUT2D eigenvalue weighted by Crippen LogP contribution is -2.41. The van der Waals surface area contributed by atoms with Gasteiger partial charge in [-0.15, -0.1) is 0 Å². The van der Waals surface area contributed by atoms with Gasteiger partial charge in [-0.3, -0.25) is 9.79 Å². The van der Waals surface area contributed by atoms with Crippen LogP contribution in [0.15, 0.2) is 53.1 Å². The normalized spacial score (nSPS) is 26.9. The average molecular weight is 322 g/mol. The van der Waals surface area contributed by atoms with E-state index in [1.54, 1.807) is 12.3 Å². The Morgan fingerprint density at radius 2 is 2.17 bits per heavy atom. The van der Waals surface area contributed by atoms with E-state index in [0.29, 0.717) is 0 Å². The Hall–Kier alpha value is -2.53. The van der Waals surface area contributed by atoms with Gasteiger partial charge in [0.15, 0.2) is 5.54 Å². The van der Waals surface area contributed by atoms with E-state index >= 15 is 0 Å². The van der Waals surface area contributed by atoms with Crippen LogP contribution in [0, 0.1) is 0 Å². The van der Waals surface area contributed by atoms with Crippen LogP contribution in [0.2, 0.25) is 0 Å². The zero-order chi connectivity index (χ0) is 17.2. The molecule has 5 nitrogen and oxygen atoms in total. The number of carbonyl (C=O) groups is 1. The number of amidine groups is 1. The van der Waals surface area contributed by atoms with Crippen LogP contribution in [0.3, 0.4) is 0 Å². The van der Waals surface area contributed by atoms with Crippen LogP contribution in [0.4, 0.5) is 0 Å². The molecule has 5 heteroatoms. The summed E-state index contributed by atoms with van der Waals surface area (Å²) in [5.74, 6) is 0.679. The van der Waals surface area contributed by atoms with Gasteiger partial charge in [0, 0.05) is 6.20 Å². The largest absolute Gasteiger partial charge is 0.311 e. The molecule has 0 saturated carbocycles. The number of nitrogens with one attached hydrogen (secondary N) is 2. The average Bonchev–Trinajstić information content (AvgIpc) is 3.22. The van der Waals surface area contributed by atoms with Gasteiger partial charge >= 0.3 is 0 Å². The highest BCUT2D eigenvalue weighted by Crippen LogP contribution is 2.31. The van der Waals surface area contributed by atoms with E-state index in [4.69, 9.17) is 4.99 Å². The first kappa shape index (κ1) is 16.3. The SMILES string of the molecule is C=C/C(=C\N=C)c1ccc(C2(C)N=C(C3CCCN3)NC2=O)cc1. The summed E-state index contributed by atoms with van der Waals surface area (Å²) in [6, 6.07) is 7.93. The Kier molecular flexibility index (Phi) is 4.44. The molecule has 1 saturated heterocycles. The van der Waals surface area contributed by atoms with Crippen LogP contribution >= 0.6 is 0 Å². The summed E-state index contributed by atoms with van der Waals surface area (Å²) in [6.45, 7) is 10.1. The maximum Gasteiger partial charge on any atom is 0.257 e. The molecular formula is C19H22N4O. The topological polar surface area (TPSA) is 65.8 Å². The quantitative estimate of drug-likeness (QED) is 0.646. The number of nitrogens with zero attached hydrogens (tertiary/aromatic N) is 2. The molecule has 124 valence electrons. The van der Waals surface area contributed by atoms with Crippen LogP contribution < -0.4 is 10.6 Å². The summed E-state index contributed by atoms with van der Waals surface area (Å²) < 4.78 is 0. The number of rotatable bonds is 5. The van der Waals surface area contributed by atoms with Crippen molar-refractivity contribution < 1.29 is 4.79 Å². The van der Waals surface area contributed by atoms with Gasteiger partial charge in [0.05, 0.1) is 6.04 Å². The molecule has 2 N–H and O–H groups in total. The lowest BCUT2D eigenvalue weighted by atomic mass is 9.91. The number of allylic oxidation sites excluding steroid dienone is 2. The highest BCUT2D eigenvalue weighted by molar-refractivity contribution is 6.10. The van der Waals surface area contributed by atoms with E-state index in [9.17, 15) is 4.79 Å². The van der Waals surface area contributed by atoms with Gasteiger partial charge in [-0.2, -0.15) is 0 Å². The number of aliphatic imine (C=N–C) groups is 2. The first-order valence-corrected chi connectivity index (χ1v) is 8.12. The minimum absolute atomic E-state index is 0.0776. The van der Waals surface area contributed by atoms with Crippen molar-refractivity contribution in [3.63, 3.8) is 0 Å². The summed E-state index contributed by atoms with van der Waals surface area (Å²) >= 11 is 0. The monoisotopic (exact) mass is 322 g/mol. The standard InChI is InChI=1S/C19H22N4O/c1-4-13(12-20-3)14-7-9-15(10-8-14)19(2)18(24)22-17(23-19)16-6-5-11-21-16/h4,7-10,12,16,21H,1,3,5-6,11H2,2H3,(H,22,23,24)/b13-12+. The highest BCUT2D eigenvalue weighted by Gasteiger charge is 2.42. The molecule has 0 radical (unpaired) electrons. The summed E-state index contributed by atoms with van der Waals surface area (Å²) in [5.41, 5.74) is 1.85. The van der Waals surface area contributed by atoms with Crippen molar-refractivity contribution in [2.75, 3.05) is 6.54 Å². The summed E-state index contributed by atoms with van der Waals surface area (Å²) in [4.78, 5) is 21.0. The van der Waals surface area contributed by atoms with Crippen molar-refractivity contribution in [3.8, 4) is 0 Å². The molecule has 1 fully saturated rings. The molecule has 2 heterocycles. The Balaban J connectivity index is 1.90. The third-order valence-electron chi connectivity index (χ3n) is 4.65. The van der Waals surface area contributed by atoms with E-state index in [1.807, 2.05) is 31.2 Å². The molecule has 0 bridgehead atoms. The Labute approximate surface area is 142 Å². The minimum atomic E-state index is -0.882. The summed E-state index contributed by atoms with van der Waals surface area (Å²) in [5, 5.41) is 6.33. The van der Waals surface area contributed by atoms with Crippen LogP contribution in [0.5, 0.6) is 0 Å². The maximum atomic E-state index is 12.5. The van der Waals surface area contributed by atoms with E-state index in [0.717, 1.165) is 41.9 Å². The van der Waals surface area contributed by atoms with Crippen molar-refractivity contribution in [1.82, 2.24) is 10.6 Å². The molecule has 3 rings (SSSR count). The van der Waals surface area contributed by atoms with Crippen LogP contribution in [0.25, 0.3) is 5.57 Å². The lowest BCUT2D eigenvalue weighted by molar-refractivity contribution is -0.123. The third kappa shape index (κ3) is 2.83. The van der Waals surface area contributed by atoms with Crippen molar-refractivity contribution in [1.29, 1.82) is 0 Å². The van der Waals surface area contributed by atoms with Crippen LogP contribution in [-0.2, 0) is 10.3 Å². The van der Waals surface area contributed by atoms with Gasteiger partial charge in [-0.05, 0) is 49.7 Å². The Bertz CT molecular complexity index is 726. The van der Waals surface area contributed by atoms with Crippen LogP contribution in [-0.4, -0.2) is 31.0 Å². The number of hydrogen-bond donors (Lipinski definition) is 2. The molecular weight excluding hydrogens is 300 g/mol. The zero-order valence-electron chi connectivity index (χ0n) is 13.9. The molecule has 0 aromatic heterocycles. The predicted octanol–water partition coefficient (Wildman–Crippen LogP) is 2.41. The molecule has 1 amide bonds. The number of carbonyl (C=O) groups excluding carboxylic acids is 1. The summed E-state index contributed by atoms with van der Waals surface area (Å²) in [7, 11) is 0. The fourth-order valence-electron chi connectivity index (χ4n) is 3.17. The molecule has 0 spiro atoms. The second kappa shape index (κ2) is 6.53. The summed E-state index contributed by atoms with van der Waals surface area (Å²) in [6.07, 6.45) is 5.51. The predicted molar refractivity (Wildman–Crippen MR) is 98.1 cm³/mol. The second-order valence-corrected chi connectivity index (χ2v) is 6.22. The number of amides is 1.